The minimum absolute atomic E-state index is 0.000299. The maximum absolute atomic E-state index is 13.0. The molecule has 1 atom stereocenters. The number of hydrogen-bond donors (Lipinski definition) is 2. The lowest BCUT2D eigenvalue weighted by molar-refractivity contribution is 0.00357. The number of morpholine rings is 1. The lowest BCUT2D eigenvalue weighted by Gasteiger charge is -2.33. The van der Waals surface area contributed by atoms with Crippen molar-refractivity contribution in [3.63, 3.8) is 0 Å². The van der Waals surface area contributed by atoms with E-state index in [1.807, 2.05) is 36.4 Å². The van der Waals surface area contributed by atoms with Gasteiger partial charge in [0.25, 0.3) is 0 Å². The highest BCUT2D eigenvalue weighted by atomic mass is 16.5. The molecule has 7 nitrogen and oxygen atoms in total. The van der Waals surface area contributed by atoms with Crippen LogP contribution in [0.15, 0.2) is 91.1 Å². The third kappa shape index (κ3) is 6.39. The molecule has 5 rings (SSSR count). The third-order valence-electron chi connectivity index (χ3n) is 6.96. The van der Waals surface area contributed by atoms with Crippen LogP contribution < -0.4 is 4.90 Å². The van der Waals surface area contributed by atoms with Gasteiger partial charge in [0.2, 0.25) is 0 Å². The summed E-state index contributed by atoms with van der Waals surface area (Å²) in [6.45, 7) is 1.91. The van der Waals surface area contributed by atoms with Gasteiger partial charge in [-0.1, -0.05) is 48.5 Å². The van der Waals surface area contributed by atoms with E-state index in [9.17, 15) is 19.5 Å². The van der Waals surface area contributed by atoms with E-state index in [1.54, 1.807) is 54.7 Å². The molecule has 198 valence electrons. The molecular weight excluding hydrogens is 492 g/mol. The van der Waals surface area contributed by atoms with Crippen molar-refractivity contribution in [3.05, 3.63) is 125 Å². The number of Topliss-reactive ketones (excluding diaryl/α,β-unsaturated/α-hetero) is 2. The van der Waals surface area contributed by atoms with E-state index in [2.05, 4.69) is 9.88 Å². The fourth-order valence-corrected chi connectivity index (χ4v) is 4.71. The Balaban J connectivity index is 1.17. The van der Waals surface area contributed by atoms with Crippen molar-refractivity contribution in [2.24, 2.45) is 0 Å². The standard InChI is InChI=1S/C32H30N2O5/c35-21-28-20-34(16-17-39-28)27-13-11-24(12-14-27)30(36)18-22-3-7-25(8-4-22)32(38)26-9-5-23(6-10-26)19-31(37)29-2-1-15-33-29/h1-15,28,33,35H,16-21H2. The highest BCUT2D eigenvalue weighted by Gasteiger charge is 2.20. The molecule has 2 N–H and O–H groups in total. The molecule has 2 heterocycles. The number of hydrogen-bond acceptors (Lipinski definition) is 6. The van der Waals surface area contributed by atoms with Gasteiger partial charge >= 0.3 is 0 Å². The molecule has 1 unspecified atom stereocenters. The number of aliphatic hydroxyl groups excluding tert-OH is 1. The van der Waals surface area contributed by atoms with Crippen LogP contribution in [0.4, 0.5) is 5.69 Å². The smallest absolute Gasteiger partial charge is 0.193 e. The van der Waals surface area contributed by atoms with Crippen LogP contribution in [0.3, 0.4) is 0 Å². The van der Waals surface area contributed by atoms with E-state index in [-0.39, 0.29) is 42.9 Å². The summed E-state index contributed by atoms with van der Waals surface area (Å²) in [6.07, 6.45) is 2.02. The number of nitrogens with zero attached hydrogens (tertiary/aromatic N) is 1. The Hall–Kier alpha value is -4.33. The van der Waals surface area contributed by atoms with Crippen molar-refractivity contribution >= 4 is 23.0 Å². The van der Waals surface area contributed by atoms with E-state index in [0.717, 1.165) is 23.4 Å². The molecular formula is C32H30N2O5. The highest BCUT2D eigenvalue weighted by Crippen LogP contribution is 2.20. The number of carbonyl (C=O) groups is 3. The first kappa shape index (κ1) is 26.3. The lowest BCUT2D eigenvalue weighted by atomic mass is 9.97. The van der Waals surface area contributed by atoms with Gasteiger partial charge in [-0.15, -0.1) is 0 Å². The van der Waals surface area contributed by atoms with Gasteiger partial charge in [-0.05, 0) is 47.5 Å². The maximum atomic E-state index is 13.0. The molecule has 1 aromatic heterocycles. The average molecular weight is 523 g/mol. The van der Waals surface area contributed by atoms with Gasteiger partial charge in [0, 0.05) is 54.5 Å². The van der Waals surface area contributed by atoms with Crippen LogP contribution >= 0.6 is 0 Å². The van der Waals surface area contributed by atoms with Crippen molar-refractivity contribution in [3.8, 4) is 0 Å². The summed E-state index contributed by atoms with van der Waals surface area (Å²) in [5.74, 6) is -0.119. The highest BCUT2D eigenvalue weighted by molar-refractivity contribution is 6.09. The maximum Gasteiger partial charge on any atom is 0.193 e. The second-order valence-corrected chi connectivity index (χ2v) is 9.67. The minimum Gasteiger partial charge on any atom is -0.394 e. The Morgan fingerprint density at radius 1 is 0.795 bits per heavy atom. The molecule has 0 saturated carbocycles. The lowest BCUT2D eigenvalue weighted by Crippen LogP contribution is -2.44. The van der Waals surface area contributed by atoms with E-state index < -0.39 is 0 Å². The normalized spacial score (nSPS) is 15.2. The largest absolute Gasteiger partial charge is 0.394 e. The quantitative estimate of drug-likeness (QED) is 0.302. The Morgan fingerprint density at radius 2 is 1.38 bits per heavy atom. The second kappa shape index (κ2) is 12.0. The number of aromatic nitrogens is 1. The molecule has 3 aromatic carbocycles. The molecule has 7 heteroatoms. The third-order valence-corrected chi connectivity index (χ3v) is 6.96. The van der Waals surface area contributed by atoms with Crippen LogP contribution in [0.1, 0.15) is 47.9 Å². The number of ketones is 3. The van der Waals surface area contributed by atoms with Gasteiger partial charge in [-0.2, -0.15) is 0 Å². The minimum atomic E-state index is -0.194. The molecule has 1 aliphatic rings. The summed E-state index contributed by atoms with van der Waals surface area (Å²) in [6, 6.07) is 25.2. The monoisotopic (exact) mass is 522 g/mol. The van der Waals surface area contributed by atoms with Gasteiger partial charge in [0.15, 0.2) is 17.3 Å². The first-order valence-electron chi connectivity index (χ1n) is 13.0. The topological polar surface area (TPSA) is 99.7 Å². The van der Waals surface area contributed by atoms with Gasteiger partial charge in [0.05, 0.1) is 25.0 Å². The van der Waals surface area contributed by atoms with Crippen LogP contribution in [0, 0.1) is 0 Å². The Labute approximate surface area is 227 Å². The van der Waals surface area contributed by atoms with E-state index >= 15 is 0 Å². The number of benzene rings is 3. The van der Waals surface area contributed by atoms with Crippen molar-refractivity contribution in [1.82, 2.24) is 4.98 Å². The fourth-order valence-electron chi connectivity index (χ4n) is 4.71. The summed E-state index contributed by atoms with van der Waals surface area (Å²) in [7, 11) is 0. The zero-order valence-corrected chi connectivity index (χ0v) is 21.5. The average Bonchev–Trinajstić information content (AvgIpc) is 3.53. The Morgan fingerprint density at radius 3 is 1.95 bits per heavy atom. The van der Waals surface area contributed by atoms with Crippen LogP contribution in [0.5, 0.6) is 0 Å². The fraction of sp³-hybridized carbons (Fsp3) is 0.219. The van der Waals surface area contributed by atoms with E-state index in [4.69, 9.17) is 4.74 Å². The van der Waals surface area contributed by atoms with Crippen LogP contribution in [0.2, 0.25) is 0 Å². The van der Waals surface area contributed by atoms with E-state index in [0.29, 0.717) is 35.5 Å². The molecule has 0 radical (unpaired) electrons. The number of nitrogens with one attached hydrogen (secondary N) is 1. The predicted molar refractivity (Wildman–Crippen MR) is 149 cm³/mol. The Kier molecular flexibility index (Phi) is 8.10. The number of rotatable bonds is 10. The molecule has 0 aliphatic carbocycles. The molecule has 0 spiro atoms. The zero-order valence-electron chi connectivity index (χ0n) is 21.5. The van der Waals surface area contributed by atoms with Crippen LogP contribution in [-0.4, -0.2) is 59.8 Å². The van der Waals surface area contributed by atoms with Crippen LogP contribution in [-0.2, 0) is 17.6 Å². The molecule has 0 bridgehead atoms. The number of carbonyl (C=O) groups excluding carboxylic acids is 3. The number of H-pyrrole nitrogens is 1. The van der Waals surface area contributed by atoms with Gasteiger partial charge in [-0.3, -0.25) is 14.4 Å². The van der Waals surface area contributed by atoms with Crippen molar-refractivity contribution in [1.29, 1.82) is 0 Å². The second-order valence-electron chi connectivity index (χ2n) is 9.67. The van der Waals surface area contributed by atoms with Crippen molar-refractivity contribution in [2.75, 3.05) is 31.2 Å². The zero-order chi connectivity index (χ0) is 27.2. The number of ether oxygens (including phenoxy) is 1. The molecule has 39 heavy (non-hydrogen) atoms. The molecule has 1 fully saturated rings. The van der Waals surface area contributed by atoms with Crippen molar-refractivity contribution in [2.45, 2.75) is 18.9 Å². The summed E-state index contributed by atoms with van der Waals surface area (Å²) in [5.41, 5.74) is 4.94. The molecule has 1 aliphatic heterocycles. The van der Waals surface area contributed by atoms with Gasteiger partial charge in [-0.25, -0.2) is 0 Å². The summed E-state index contributed by atoms with van der Waals surface area (Å²) < 4.78 is 5.51. The predicted octanol–water partition coefficient (Wildman–Crippen LogP) is 4.29. The van der Waals surface area contributed by atoms with Gasteiger partial charge < -0.3 is 19.7 Å². The summed E-state index contributed by atoms with van der Waals surface area (Å²) in [5, 5.41) is 9.36. The molecule has 0 amide bonds. The Bertz CT molecular complexity index is 1430. The summed E-state index contributed by atoms with van der Waals surface area (Å²) >= 11 is 0. The van der Waals surface area contributed by atoms with Crippen LogP contribution in [0.25, 0.3) is 0 Å². The van der Waals surface area contributed by atoms with Gasteiger partial charge in [0.1, 0.15) is 0 Å². The first-order chi connectivity index (χ1) is 19.0. The van der Waals surface area contributed by atoms with E-state index in [1.165, 1.54) is 0 Å². The number of aliphatic hydroxyl groups is 1. The number of aromatic amines is 1. The molecule has 1 saturated heterocycles. The summed E-state index contributed by atoms with van der Waals surface area (Å²) in [4.78, 5) is 43.2. The SMILES string of the molecule is O=C(Cc1ccc(C(=O)c2ccc(CC(=O)c3ccc[nH]3)cc2)cc1)c1ccc(N2CCOC(CO)C2)cc1. The molecule has 4 aromatic rings. The first-order valence-corrected chi connectivity index (χ1v) is 13.0. The van der Waals surface area contributed by atoms with Crippen molar-refractivity contribution < 1.29 is 24.2 Å². The number of anilines is 1.